The maximum absolute atomic E-state index is 5.43. The number of fused-ring (bicyclic) bond motifs is 1. The normalized spacial score (nSPS) is 10.2. The largest absolute Gasteiger partial charge is 0.493 e. The molecule has 0 amide bonds. The van der Waals surface area contributed by atoms with Gasteiger partial charge in [0.05, 0.1) is 32.2 Å². The van der Waals surface area contributed by atoms with Crippen molar-refractivity contribution in [3.63, 3.8) is 0 Å². The summed E-state index contributed by atoms with van der Waals surface area (Å²) in [4.78, 5) is 8.20. The number of rotatable bonds is 4. The predicted octanol–water partition coefficient (Wildman–Crippen LogP) is 0.941. The third-order valence-corrected chi connectivity index (χ3v) is 2.57. The Kier molecular flexibility index (Phi) is 3.33. The molecule has 1 aromatic carbocycles. The molecule has 0 spiro atoms. The van der Waals surface area contributed by atoms with Crippen LogP contribution in [0.5, 0.6) is 17.2 Å². The number of hydrazine groups is 1. The van der Waals surface area contributed by atoms with E-state index in [1.165, 1.54) is 20.5 Å². The van der Waals surface area contributed by atoms with E-state index in [2.05, 4.69) is 15.4 Å². The van der Waals surface area contributed by atoms with Gasteiger partial charge in [-0.2, -0.15) is 0 Å². The monoisotopic (exact) mass is 250 g/mol. The SMILES string of the molecule is COc1cc2ncnc(NN)c2c(OC)c1OC. The van der Waals surface area contributed by atoms with Gasteiger partial charge < -0.3 is 19.6 Å². The highest BCUT2D eigenvalue weighted by Gasteiger charge is 2.19. The van der Waals surface area contributed by atoms with Crippen molar-refractivity contribution in [2.24, 2.45) is 5.84 Å². The fraction of sp³-hybridized carbons (Fsp3) is 0.273. The van der Waals surface area contributed by atoms with Crippen molar-refractivity contribution in [2.45, 2.75) is 0 Å². The maximum Gasteiger partial charge on any atom is 0.204 e. The molecule has 0 saturated heterocycles. The molecule has 7 heteroatoms. The summed E-state index contributed by atoms with van der Waals surface area (Å²) in [5, 5.41) is 0.639. The molecule has 0 aliphatic carbocycles. The first kappa shape index (κ1) is 12.2. The van der Waals surface area contributed by atoms with E-state index in [4.69, 9.17) is 20.1 Å². The number of nitrogens with one attached hydrogen (secondary N) is 1. The first-order chi connectivity index (χ1) is 8.76. The van der Waals surface area contributed by atoms with E-state index in [1.54, 1.807) is 13.2 Å². The van der Waals surface area contributed by atoms with Gasteiger partial charge in [0.15, 0.2) is 17.3 Å². The second kappa shape index (κ2) is 4.92. The van der Waals surface area contributed by atoms with Crippen LogP contribution in [0.1, 0.15) is 0 Å². The summed E-state index contributed by atoms with van der Waals surface area (Å²) in [6.07, 6.45) is 1.41. The van der Waals surface area contributed by atoms with E-state index in [9.17, 15) is 0 Å². The minimum atomic E-state index is 0.456. The molecular formula is C11H14N4O3. The molecule has 3 N–H and O–H groups in total. The molecule has 1 heterocycles. The Bertz CT molecular complexity index is 574. The quantitative estimate of drug-likeness (QED) is 0.616. The Labute approximate surface area is 104 Å². The van der Waals surface area contributed by atoms with Crippen molar-refractivity contribution in [2.75, 3.05) is 26.8 Å². The highest BCUT2D eigenvalue weighted by Crippen LogP contribution is 2.44. The Morgan fingerprint density at radius 2 is 1.78 bits per heavy atom. The van der Waals surface area contributed by atoms with Crippen molar-refractivity contribution in [3.8, 4) is 17.2 Å². The smallest absolute Gasteiger partial charge is 0.204 e. The number of ether oxygens (including phenoxy) is 3. The van der Waals surface area contributed by atoms with Gasteiger partial charge in [0.2, 0.25) is 5.75 Å². The standard InChI is InChI=1S/C11H14N4O3/c1-16-7-4-6-8(10(18-3)9(7)17-2)11(15-12)14-5-13-6/h4-5H,12H2,1-3H3,(H,13,14,15). The van der Waals surface area contributed by atoms with Crippen LogP contribution in [0.15, 0.2) is 12.4 Å². The number of nitrogens with zero attached hydrogens (tertiary/aromatic N) is 2. The summed E-state index contributed by atoms with van der Waals surface area (Å²) < 4.78 is 15.9. The van der Waals surface area contributed by atoms with Crippen molar-refractivity contribution in [3.05, 3.63) is 12.4 Å². The number of aromatic nitrogens is 2. The summed E-state index contributed by atoms with van der Waals surface area (Å²) in [7, 11) is 4.61. The van der Waals surface area contributed by atoms with Gasteiger partial charge in [0.25, 0.3) is 0 Å². The van der Waals surface area contributed by atoms with Crippen LogP contribution < -0.4 is 25.5 Å². The van der Waals surface area contributed by atoms with E-state index in [1.807, 2.05) is 0 Å². The second-order valence-corrected chi connectivity index (χ2v) is 3.41. The molecule has 0 aliphatic rings. The lowest BCUT2D eigenvalue weighted by Gasteiger charge is -2.15. The van der Waals surface area contributed by atoms with Crippen molar-refractivity contribution in [1.82, 2.24) is 9.97 Å². The zero-order valence-electron chi connectivity index (χ0n) is 10.4. The summed E-state index contributed by atoms with van der Waals surface area (Å²) in [6, 6.07) is 1.74. The summed E-state index contributed by atoms with van der Waals surface area (Å²) in [5.41, 5.74) is 3.15. The van der Waals surface area contributed by atoms with Gasteiger partial charge in [-0.05, 0) is 0 Å². The van der Waals surface area contributed by atoms with Crippen LogP contribution in [0.3, 0.4) is 0 Å². The van der Waals surface area contributed by atoms with Crippen LogP contribution in [0, 0.1) is 0 Å². The van der Waals surface area contributed by atoms with Gasteiger partial charge in [-0.3, -0.25) is 0 Å². The Morgan fingerprint density at radius 1 is 1.06 bits per heavy atom. The van der Waals surface area contributed by atoms with Gasteiger partial charge in [0.1, 0.15) is 6.33 Å². The molecule has 0 aliphatic heterocycles. The molecule has 7 nitrogen and oxygen atoms in total. The highest BCUT2D eigenvalue weighted by atomic mass is 16.5. The van der Waals surface area contributed by atoms with Crippen LogP contribution in [0.25, 0.3) is 10.9 Å². The molecule has 1 aromatic heterocycles. The molecule has 0 atom stereocenters. The van der Waals surface area contributed by atoms with Crippen molar-refractivity contribution >= 4 is 16.7 Å². The molecule has 18 heavy (non-hydrogen) atoms. The first-order valence-electron chi connectivity index (χ1n) is 5.17. The molecule has 2 rings (SSSR count). The number of benzene rings is 1. The van der Waals surface area contributed by atoms with E-state index in [-0.39, 0.29) is 0 Å². The number of hydrogen-bond donors (Lipinski definition) is 2. The van der Waals surface area contributed by atoms with E-state index in [0.29, 0.717) is 34.0 Å². The predicted molar refractivity (Wildman–Crippen MR) is 67.0 cm³/mol. The molecule has 0 radical (unpaired) electrons. The van der Waals surface area contributed by atoms with Crippen LogP contribution in [-0.4, -0.2) is 31.3 Å². The maximum atomic E-state index is 5.43. The molecule has 0 saturated carbocycles. The van der Waals surface area contributed by atoms with Crippen LogP contribution >= 0.6 is 0 Å². The minimum Gasteiger partial charge on any atom is -0.493 e. The van der Waals surface area contributed by atoms with Gasteiger partial charge in [-0.25, -0.2) is 15.8 Å². The fourth-order valence-corrected chi connectivity index (χ4v) is 1.80. The van der Waals surface area contributed by atoms with Crippen LogP contribution in [0.2, 0.25) is 0 Å². The first-order valence-corrected chi connectivity index (χ1v) is 5.17. The summed E-state index contributed by atoms with van der Waals surface area (Å²) in [5.74, 6) is 7.36. The summed E-state index contributed by atoms with van der Waals surface area (Å²) in [6.45, 7) is 0. The van der Waals surface area contributed by atoms with Gasteiger partial charge >= 0.3 is 0 Å². The molecular weight excluding hydrogens is 236 g/mol. The van der Waals surface area contributed by atoms with Gasteiger partial charge in [0, 0.05) is 6.07 Å². The number of hydrogen-bond acceptors (Lipinski definition) is 7. The molecule has 0 fully saturated rings. The zero-order valence-corrected chi connectivity index (χ0v) is 10.4. The lowest BCUT2D eigenvalue weighted by Crippen LogP contribution is -2.10. The van der Waals surface area contributed by atoms with Crippen LogP contribution in [0.4, 0.5) is 5.82 Å². The summed E-state index contributed by atoms with van der Waals surface area (Å²) >= 11 is 0. The molecule has 0 bridgehead atoms. The third-order valence-electron chi connectivity index (χ3n) is 2.57. The Hall–Kier alpha value is -2.28. The third kappa shape index (κ3) is 1.74. The van der Waals surface area contributed by atoms with Crippen molar-refractivity contribution in [1.29, 1.82) is 0 Å². The van der Waals surface area contributed by atoms with E-state index < -0.39 is 0 Å². The van der Waals surface area contributed by atoms with E-state index in [0.717, 1.165) is 0 Å². The minimum absolute atomic E-state index is 0.456. The number of anilines is 1. The zero-order chi connectivity index (χ0) is 13.1. The highest BCUT2D eigenvalue weighted by molar-refractivity contribution is 5.98. The number of nitrogens with two attached hydrogens (primary N) is 1. The lowest BCUT2D eigenvalue weighted by molar-refractivity contribution is 0.327. The average Bonchev–Trinajstić information content (AvgIpc) is 2.43. The Balaban J connectivity index is 2.88. The van der Waals surface area contributed by atoms with Gasteiger partial charge in [-0.1, -0.05) is 0 Å². The lowest BCUT2D eigenvalue weighted by atomic mass is 10.2. The van der Waals surface area contributed by atoms with Gasteiger partial charge in [-0.15, -0.1) is 0 Å². The van der Waals surface area contributed by atoms with Crippen molar-refractivity contribution < 1.29 is 14.2 Å². The number of nitrogen functional groups attached to an aromatic ring is 1. The van der Waals surface area contributed by atoms with E-state index >= 15 is 0 Å². The van der Waals surface area contributed by atoms with Crippen LogP contribution in [-0.2, 0) is 0 Å². The average molecular weight is 250 g/mol. The fourth-order valence-electron chi connectivity index (χ4n) is 1.80. The second-order valence-electron chi connectivity index (χ2n) is 3.41. The molecule has 0 unspecified atom stereocenters. The Morgan fingerprint density at radius 3 is 2.33 bits per heavy atom. The number of methoxy groups -OCH3 is 3. The molecule has 2 aromatic rings. The topological polar surface area (TPSA) is 91.5 Å². The molecule has 96 valence electrons.